The van der Waals surface area contributed by atoms with Crippen molar-refractivity contribution in [3.05, 3.63) is 57.7 Å². The van der Waals surface area contributed by atoms with E-state index in [-0.39, 0.29) is 11.5 Å². The van der Waals surface area contributed by atoms with E-state index in [0.717, 1.165) is 5.69 Å². The molecular formula is C13H13ClN4O2. The van der Waals surface area contributed by atoms with Crippen molar-refractivity contribution in [3.8, 4) is 0 Å². The number of halogens is 1. The average molecular weight is 293 g/mol. The van der Waals surface area contributed by atoms with E-state index < -0.39 is 4.92 Å². The summed E-state index contributed by atoms with van der Waals surface area (Å²) in [5.74, 6) is 0.274. The fourth-order valence-corrected chi connectivity index (χ4v) is 1.76. The zero-order valence-corrected chi connectivity index (χ0v) is 11.3. The van der Waals surface area contributed by atoms with Crippen molar-refractivity contribution < 1.29 is 4.92 Å². The van der Waals surface area contributed by atoms with Gasteiger partial charge in [-0.2, -0.15) is 0 Å². The largest absolute Gasteiger partial charge is 0.383 e. The van der Waals surface area contributed by atoms with Crippen LogP contribution in [0.4, 0.5) is 17.2 Å². The van der Waals surface area contributed by atoms with E-state index in [1.54, 1.807) is 12.1 Å². The van der Waals surface area contributed by atoms with Crippen LogP contribution in [0.5, 0.6) is 0 Å². The van der Waals surface area contributed by atoms with Crippen LogP contribution in [0.3, 0.4) is 0 Å². The van der Waals surface area contributed by atoms with Gasteiger partial charge in [-0.25, -0.2) is 4.98 Å². The molecule has 20 heavy (non-hydrogen) atoms. The fraction of sp³-hybridized carbons (Fsp3) is 0.154. The highest BCUT2D eigenvalue weighted by Crippen LogP contribution is 2.19. The van der Waals surface area contributed by atoms with Crippen LogP contribution in [0, 0.1) is 10.1 Å². The maximum absolute atomic E-state index is 10.8. The SMILES string of the molecule is O=[N+]([O-])c1cccnc1NCCNc1ccc(Cl)cc1. The molecule has 0 saturated heterocycles. The van der Waals surface area contributed by atoms with Gasteiger partial charge in [0.1, 0.15) is 0 Å². The lowest BCUT2D eigenvalue weighted by molar-refractivity contribution is -0.384. The van der Waals surface area contributed by atoms with Gasteiger partial charge < -0.3 is 10.6 Å². The second-order valence-corrected chi connectivity index (χ2v) is 4.43. The van der Waals surface area contributed by atoms with E-state index in [2.05, 4.69) is 15.6 Å². The van der Waals surface area contributed by atoms with Gasteiger partial charge in [-0.1, -0.05) is 11.6 Å². The molecule has 0 bridgehead atoms. The Morgan fingerprint density at radius 3 is 2.55 bits per heavy atom. The summed E-state index contributed by atoms with van der Waals surface area (Å²) in [5.41, 5.74) is 0.908. The van der Waals surface area contributed by atoms with Crippen LogP contribution in [-0.4, -0.2) is 23.0 Å². The number of pyridine rings is 1. The summed E-state index contributed by atoms with van der Waals surface area (Å²) in [5, 5.41) is 17.6. The average Bonchev–Trinajstić information content (AvgIpc) is 2.46. The molecule has 0 saturated carbocycles. The number of hydrogen-bond donors (Lipinski definition) is 2. The summed E-state index contributed by atoms with van der Waals surface area (Å²) < 4.78 is 0. The van der Waals surface area contributed by atoms with Crippen molar-refractivity contribution in [1.29, 1.82) is 0 Å². The Balaban J connectivity index is 1.84. The van der Waals surface area contributed by atoms with Gasteiger partial charge in [-0.3, -0.25) is 10.1 Å². The Labute approximate surface area is 120 Å². The Bertz CT molecular complexity index is 589. The molecule has 2 rings (SSSR count). The summed E-state index contributed by atoms with van der Waals surface area (Å²) in [7, 11) is 0. The molecule has 0 fully saturated rings. The number of aromatic nitrogens is 1. The number of hydrogen-bond acceptors (Lipinski definition) is 5. The van der Waals surface area contributed by atoms with Crippen LogP contribution in [0.1, 0.15) is 0 Å². The molecule has 6 nitrogen and oxygen atoms in total. The molecule has 0 aliphatic carbocycles. The van der Waals surface area contributed by atoms with E-state index >= 15 is 0 Å². The number of nitrogens with zero attached hydrogens (tertiary/aromatic N) is 2. The Kier molecular flexibility index (Phi) is 4.73. The van der Waals surface area contributed by atoms with Crippen molar-refractivity contribution in [1.82, 2.24) is 4.98 Å². The van der Waals surface area contributed by atoms with Gasteiger partial charge in [0.2, 0.25) is 5.82 Å². The minimum atomic E-state index is -0.456. The third-order valence-electron chi connectivity index (χ3n) is 2.57. The van der Waals surface area contributed by atoms with Crippen molar-refractivity contribution in [2.75, 3.05) is 23.7 Å². The molecule has 2 N–H and O–H groups in total. The summed E-state index contributed by atoms with van der Waals surface area (Å²) in [4.78, 5) is 14.3. The Morgan fingerprint density at radius 1 is 1.15 bits per heavy atom. The Morgan fingerprint density at radius 2 is 1.85 bits per heavy atom. The summed E-state index contributed by atoms with van der Waals surface area (Å²) in [6.07, 6.45) is 1.52. The topological polar surface area (TPSA) is 80.1 Å². The molecule has 104 valence electrons. The smallest absolute Gasteiger partial charge is 0.311 e. The maximum Gasteiger partial charge on any atom is 0.311 e. The standard InChI is InChI=1S/C13H13ClN4O2/c14-10-3-5-11(6-4-10)15-8-9-17-13-12(18(19)20)2-1-7-16-13/h1-7,15H,8-9H2,(H,16,17). The lowest BCUT2D eigenvalue weighted by Gasteiger charge is -2.08. The number of anilines is 2. The minimum absolute atomic E-state index is 0.0287. The highest BCUT2D eigenvalue weighted by atomic mass is 35.5. The summed E-state index contributed by atoms with van der Waals surface area (Å²) in [6.45, 7) is 1.12. The molecule has 0 spiro atoms. The molecule has 7 heteroatoms. The molecule has 0 atom stereocenters. The van der Waals surface area contributed by atoms with Crippen molar-refractivity contribution >= 4 is 28.8 Å². The van der Waals surface area contributed by atoms with E-state index in [9.17, 15) is 10.1 Å². The number of nitrogens with one attached hydrogen (secondary N) is 2. The van der Waals surface area contributed by atoms with E-state index in [1.807, 2.05) is 12.1 Å². The van der Waals surface area contributed by atoms with Crippen LogP contribution in [0.2, 0.25) is 5.02 Å². The number of rotatable bonds is 6. The molecular weight excluding hydrogens is 280 g/mol. The highest BCUT2D eigenvalue weighted by Gasteiger charge is 2.12. The van der Waals surface area contributed by atoms with E-state index in [1.165, 1.54) is 18.3 Å². The summed E-state index contributed by atoms with van der Waals surface area (Å²) >= 11 is 5.79. The van der Waals surface area contributed by atoms with Gasteiger partial charge in [0.25, 0.3) is 0 Å². The van der Waals surface area contributed by atoms with Gasteiger partial charge in [-0.15, -0.1) is 0 Å². The minimum Gasteiger partial charge on any atom is -0.383 e. The van der Waals surface area contributed by atoms with Crippen molar-refractivity contribution in [3.63, 3.8) is 0 Å². The van der Waals surface area contributed by atoms with Crippen molar-refractivity contribution in [2.24, 2.45) is 0 Å². The predicted molar refractivity (Wildman–Crippen MR) is 79.3 cm³/mol. The van der Waals surface area contributed by atoms with E-state index in [0.29, 0.717) is 18.1 Å². The lowest BCUT2D eigenvalue weighted by Crippen LogP contribution is -2.15. The molecule has 1 aromatic heterocycles. The first kappa shape index (κ1) is 14.1. The molecule has 2 aromatic rings. The first-order valence-corrected chi connectivity index (χ1v) is 6.37. The molecule has 1 aromatic carbocycles. The first-order valence-electron chi connectivity index (χ1n) is 5.99. The van der Waals surface area contributed by atoms with E-state index in [4.69, 9.17) is 11.6 Å². The number of nitro groups is 1. The van der Waals surface area contributed by atoms with Gasteiger partial charge in [-0.05, 0) is 30.3 Å². The number of benzene rings is 1. The van der Waals surface area contributed by atoms with Crippen LogP contribution in [0.15, 0.2) is 42.6 Å². The lowest BCUT2D eigenvalue weighted by atomic mass is 10.3. The van der Waals surface area contributed by atoms with Crippen LogP contribution in [-0.2, 0) is 0 Å². The fourth-order valence-electron chi connectivity index (χ4n) is 1.64. The predicted octanol–water partition coefficient (Wildman–Crippen LogP) is 3.17. The van der Waals surface area contributed by atoms with Gasteiger partial charge in [0, 0.05) is 36.1 Å². The zero-order chi connectivity index (χ0) is 14.4. The normalized spacial score (nSPS) is 10.1. The molecule has 0 unspecified atom stereocenters. The van der Waals surface area contributed by atoms with Crippen molar-refractivity contribution in [2.45, 2.75) is 0 Å². The Hall–Kier alpha value is -2.34. The molecule has 0 aliphatic heterocycles. The first-order chi connectivity index (χ1) is 9.66. The molecule has 0 aliphatic rings. The zero-order valence-electron chi connectivity index (χ0n) is 10.5. The third-order valence-corrected chi connectivity index (χ3v) is 2.83. The highest BCUT2D eigenvalue weighted by molar-refractivity contribution is 6.30. The second-order valence-electron chi connectivity index (χ2n) is 3.99. The second kappa shape index (κ2) is 6.72. The molecule has 0 radical (unpaired) electrons. The molecule has 0 amide bonds. The summed E-state index contributed by atoms with van der Waals surface area (Å²) in [6, 6.07) is 10.3. The van der Waals surface area contributed by atoms with Gasteiger partial charge in [0.15, 0.2) is 0 Å². The quantitative estimate of drug-likeness (QED) is 0.485. The monoisotopic (exact) mass is 292 g/mol. The van der Waals surface area contributed by atoms with Gasteiger partial charge in [0.05, 0.1) is 4.92 Å². The van der Waals surface area contributed by atoms with Gasteiger partial charge >= 0.3 is 5.69 Å². The van der Waals surface area contributed by atoms with Crippen LogP contribution < -0.4 is 10.6 Å². The maximum atomic E-state index is 10.8. The molecule has 1 heterocycles. The van der Waals surface area contributed by atoms with Crippen LogP contribution >= 0.6 is 11.6 Å². The third kappa shape index (κ3) is 3.83. The van der Waals surface area contributed by atoms with Crippen LogP contribution in [0.25, 0.3) is 0 Å².